The zero-order valence-corrected chi connectivity index (χ0v) is 9.88. The number of esters is 1. The van der Waals surface area contributed by atoms with Crippen LogP contribution in [0, 0.1) is 22.7 Å². The van der Waals surface area contributed by atoms with Gasteiger partial charge in [-0.3, -0.25) is 4.98 Å². The summed E-state index contributed by atoms with van der Waals surface area (Å²) in [7, 11) is 1.19. The minimum absolute atomic E-state index is 0.0561. The van der Waals surface area contributed by atoms with E-state index in [9.17, 15) is 4.79 Å². The maximum absolute atomic E-state index is 11.7. The molecule has 2 heterocycles. The molecule has 92 valence electrons. The number of nitriles is 2. The average Bonchev–Trinajstić information content (AvgIpc) is 2.85. The first-order valence-corrected chi connectivity index (χ1v) is 5.19. The topological polar surface area (TPSA) is 99.9 Å². The van der Waals surface area contributed by atoms with E-state index in [1.807, 2.05) is 0 Å². The molecule has 0 N–H and O–H groups in total. The Morgan fingerprint density at radius 3 is 2.68 bits per heavy atom. The van der Waals surface area contributed by atoms with E-state index in [1.165, 1.54) is 13.3 Å². The molecule has 0 aliphatic heterocycles. The molecule has 0 unspecified atom stereocenters. The Hall–Kier alpha value is -3.12. The molecule has 2 rings (SSSR count). The van der Waals surface area contributed by atoms with E-state index in [0.717, 1.165) is 0 Å². The van der Waals surface area contributed by atoms with Crippen LogP contribution in [0.1, 0.15) is 21.7 Å². The summed E-state index contributed by atoms with van der Waals surface area (Å²) in [6, 6.07) is 8.51. The van der Waals surface area contributed by atoms with E-state index >= 15 is 0 Å². The van der Waals surface area contributed by atoms with Gasteiger partial charge in [0.25, 0.3) is 0 Å². The highest BCUT2D eigenvalue weighted by Gasteiger charge is 2.28. The van der Waals surface area contributed by atoms with Crippen molar-refractivity contribution in [3.8, 4) is 23.6 Å². The molecule has 0 radical (unpaired) electrons. The summed E-state index contributed by atoms with van der Waals surface area (Å²) >= 11 is 0. The summed E-state index contributed by atoms with van der Waals surface area (Å²) in [5, 5.41) is 18.0. The van der Waals surface area contributed by atoms with Gasteiger partial charge >= 0.3 is 5.97 Å². The summed E-state index contributed by atoms with van der Waals surface area (Å²) in [5.41, 5.74) is 0.121. The van der Waals surface area contributed by atoms with Crippen molar-refractivity contribution in [2.45, 2.75) is 0 Å². The van der Waals surface area contributed by atoms with Gasteiger partial charge in [0.15, 0.2) is 5.76 Å². The lowest BCUT2D eigenvalue weighted by Gasteiger charge is -2.00. The molecule has 0 aromatic carbocycles. The third-order valence-electron chi connectivity index (χ3n) is 2.41. The number of methoxy groups -OCH3 is 1. The first kappa shape index (κ1) is 12.3. The van der Waals surface area contributed by atoms with E-state index < -0.39 is 5.97 Å². The zero-order chi connectivity index (χ0) is 13.8. The van der Waals surface area contributed by atoms with Crippen molar-refractivity contribution >= 4 is 5.97 Å². The van der Waals surface area contributed by atoms with E-state index in [2.05, 4.69) is 9.72 Å². The highest BCUT2D eigenvalue weighted by molar-refractivity contribution is 5.98. The van der Waals surface area contributed by atoms with Crippen LogP contribution in [0.4, 0.5) is 0 Å². The van der Waals surface area contributed by atoms with Gasteiger partial charge in [-0.25, -0.2) is 4.79 Å². The minimum atomic E-state index is -0.748. The Balaban J connectivity index is 2.76. The van der Waals surface area contributed by atoms with Crippen molar-refractivity contribution in [3.63, 3.8) is 0 Å². The fourth-order valence-corrected chi connectivity index (χ4v) is 1.59. The van der Waals surface area contributed by atoms with E-state index in [0.29, 0.717) is 5.69 Å². The molecular weight excluding hydrogens is 246 g/mol. The Bertz CT molecular complexity index is 705. The second-order valence-corrected chi connectivity index (χ2v) is 3.44. The fraction of sp³-hybridized carbons (Fsp3) is 0.0769. The van der Waals surface area contributed by atoms with Crippen LogP contribution in [0.25, 0.3) is 11.5 Å². The van der Waals surface area contributed by atoms with Crippen molar-refractivity contribution in [1.29, 1.82) is 10.5 Å². The average molecular weight is 253 g/mol. The largest absolute Gasteiger partial charge is 0.465 e. The lowest BCUT2D eigenvalue weighted by Crippen LogP contribution is -2.04. The molecule has 19 heavy (non-hydrogen) atoms. The van der Waals surface area contributed by atoms with Gasteiger partial charge < -0.3 is 9.15 Å². The van der Waals surface area contributed by atoms with Crippen molar-refractivity contribution in [2.75, 3.05) is 7.11 Å². The number of carbonyl (C=O) groups is 1. The van der Waals surface area contributed by atoms with Crippen LogP contribution in [0.2, 0.25) is 0 Å². The van der Waals surface area contributed by atoms with Crippen LogP contribution in [-0.2, 0) is 4.74 Å². The van der Waals surface area contributed by atoms with Gasteiger partial charge in [-0.05, 0) is 12.1 Å². The van der Waals surface area contributed by atoms with E-state index in [1.54, 1.807) is 30.3 Å². The number of furan rings is 1. The summed E-state index contributed by atoms with van der Waals surface area (Å²) in [4.78, 5) is 15.8. The number of nitrogens with zero attached hydrogens (tertiary/aromatic N) is 3. The Morgan fingerprint density at radius 1 is 1.37 bits per heavy atom. The first-order chi connectivity index (χ1) is 9.22. The number of ether oxygens (including phenoxy) is 1. The highest BCUT2D eigenvalue weighted by Crippen LogP contribution is 2.30. The monoisotopic (exact) mass is 253 g/mol. The van der Waals surface area contributed by atoms with Crippen LogP contribution < -0.4 is 0 Å². The number of rotatable bonds is 2. The predicted molar refractivity (Wildman–Crippen MR) is 62.7 cm³/mol. The van der Waals surface area contributed by atoms with Crippen LogP contribution in [0.3, 0.4) is 0 Å². The van der Waals surface area contributed by atoms with E-state index in [-0.39, 0.29) is 22.6 Å². The Labute approximate surface area is 108 Å². The molecule has 0 saturated carbocycles. The second kappa shape index (κ2) is 5.03. The van der Waals surface area contributed by atoms with Crippen LogP contribution in [0.5, 0.6) is 0 Å². The second-order valence-electron chi connectivity index (χ2n) is 3.44. The molecule has 2 aromatic heterocycles. The molecule has 2 aromatic rings. The van der Waals surface area contributed by atoms with Crippen LogP contribution >= 0.6 is 0 Å². The van der Waals surface area contributed by atoms with Crippen molar-refractivity contribution in [3.05, 3.63) is 41.3 Å². The highest BCUT2D eigenvalue weighted by atomic mass is 16.5. The molecule has 6 heteroatoms. The minimum Gasteiger partial charge on any atom is -0.465 e. The predicted octanol–water partition coefficient (Wildman–Crippen LogP) is 1.87. The summed E-state index contributed by atoms with van der Waals surface area (Å²) in [6.07, 6.45) is 1.51. The number of aromatic nitrogens is 1. The van der Waals surface area contributed by atoms with Gasteiger partial charge in [-0.15, -0.1) is 0 Å². The Kier molecular flexibility index (Phi) is 3.26. The van der Waals surface area contributed by atoms with Crippen LogP contribution in [-0.4, -0.2) is 18.1 Å². The maximum atomic E-state index is 11.7. The summed E-state index contributed by atoms with van der Waals surface area (Å²) in [5.74, 6) is -0.924. The normalized spacial score (nSPS) is 9.42. The molecule has 0 aliphatic carbocycles. The number of carbonyl (C=O) groups excluding carboxylic acids is 1. The van der Waals surface area contributed by atoms with Crippen LogP contribution in [0.15, 0.2) is 28.8 Å². The number of hydrogen-bond acceptors (Lipinski definition) is 6. The molecule has 6 nitrogen and oxygen atoms in total. The molecule has 0 saturated heterocycles. The summed E-state index contributed by atoms with van der Waals surface area (Å²) < 4.78 is 9.86. The molecule has 0 aliphatic rings. The molecule has 0 fully saturated rings. The summed E-state index contributed by atoms with van der Waals surface area (Å²) in [6.45, 7) is 0. The van der Waals surface area contributed by atoms with Crippen molar-refractivity contribution < 1.29 is 13.9 Å². The van der Waals surface area contributed by atoms with Crippen molar-refractivity contribution in [1.82, 2.24) is 4.98 Å². The quantitative estimate of drug-likeness (QED) is 0.757. The smallest absolute Gasteiger partial charge is 0.343 e. The van der Waals surface area contributed by atoms with E-state index in [4.69, 9.17) is 14.9 Å². The van der Waals surface area contributed by atoms with Gasteiger partial charge in [0.05, 0.1) is 7.11 Å². The standard InChI is InChI=1S/C13H7N3O3/c1-18-13(17)11-8(6-14)10(7-15)19-12(11)9-4-2-3-5-16-9/h2-5H,1H3. The van der Waals surface area contributed by atoms with Gasteiger partial charge in [0.1, 0.15) is 29.0 Å². The van der Waals surface area contributed by atoms with Gasteiger partial charge in [-0.1, -0.05) is 6.07 Å². The zero-order valence-electron chi connectivity index (χ0n) is 9.88. The SMILES string of the molecule is COC(=O)c1c(-c2ccccn2)oc(C#N)c1C#N. The van der Waals surface area contributed by atoms with Gasteiger partial charge in [0, 0.05) is 6.20 Å². The third-order valence-corrected chi connectivity index (χ3v) is 2.41. The lowest BCUT2D eigenvalue weighted by molar-refractivity contribution is 0.0600. The fourth-order valence-electron chi connectivity index (χ4n) is 1.59. The molecule has 0 bridgehead atoms. The molecular formula is C13H7N3O3. The number of hydrogen-bond donors (Lipinski definition) is 0. The van der Waals surface area contributed by atoms with Gasteiger partial charge in [0.2, 0.25) is 5.76 Å². The third kappa shape index (κ3) is 2.03. The van der Waals surface area contributed by atoms with Gasteiger partial charge in [-0.2, -0.15) is 10.5 Å². The lowest BCUT2D eigenvalue weighted by atomic mass is 10.1. The maximum Gasteiger partial charge on any atom is 0.343 e. The molecule has 0 atom stereocenters. The van der Waals surface area contributed by atoms with Crippen molar-refractivity contribution in [2.24, 2.45) is 0 Å². The molecule has 0 amide bonds. The Morgan fingerprint density at radius 2 is 2.16 bits per heavy atom. The molecule has 0 spiro atoms. The first-order valence-electron chi connectivity index (χ1n) is 5.19. The number of pyridine rings is 1.